The summed E-state index contributed by atoms with van der Waals surface area (Å²) in [4.78, 5) is 16.4. The van der Waals surface area contributed by atoms with E-state index in [1.165, 1.54) is 28.7 Å². The lowest BCUT2D eigenvalue weighted by molar-refractivity contribution is -0.119. The largest absolute Gasteiger partial charge is 0.376 e. The highest BCUT2D eigenvalue weighted by atomic mass is 32.2. The van der Waals surface area contributed by atoms with E-state index >= 15 is 0 Å². The quantitative estimate of drug-likeness (QED) is 0.641. The van der Waals surface area contributed by atoms with E-state index in [4.69, 9.17) is 4.74 Å². The van der Waals surface area contributed by atoms with E-state index in [9.17, 15) is 13.2 Å². The van der Waals surface area contributed by atoms with Crippen molar-refractivity contribution in [3.63, 3.8) is 0 Å². The van der Waals surface area contributed by atoms with Crippen molar-refractivity contribution in [1.29, 1.82) is 0 Å². The molecule has 2 fully saturated rings. The molecule has 1 saturated carbocycles. The molecule has 1 atom stereocenters. The maximum atomic E-state index is 12.8. The van der Waals surface area contributed by atoms with E-state index in [0.717, 1.165) is 45.1 Å². The number of hydrogen-bond acceptors (Lipinski definition) is 6. The topological polar surface area (TPSA) is 88.6 Å². The molecule has 1 aromatic heterocycles. The summed E-state index contributed by atoms with van der Waals surface area (Å²) in [5.41, 5.74) is 0. The zero-order valence-electron chi connectivity index (χ0n) is 16.3. The van der Waals surface area contributed by atoms with Gasteiger partial charge in [0.1, 0.15) is 4.90 Å². The average molecular weight is 428 g/mol. The highest BCUT2D eigenvalue weighted by Crippen LogP contribution is 2.27. The molecular weight excluding hydrogens is 398 g/mol. The summed E-state index contributed by atoms with van der Waals surface area (Å²) in [6, 6.07) is 3.31. The molecule has 156 valence electrons. The SMILES string of the molecule is CN(C1CCCCC1)S(=O)(=O)c1ccc(SCC(=O)NC[C@H]2CCCO2)nc1. The third kappa shape index (κ3) is 5.68. The summed E-state index contributed by atoms with van der Waals surface area (Å²) in [5, 5.41) is 3.50. The van der Waals surface area contributed by atoms with Crippen LogP contribution in [0, 0.1) is 0 Å². The molecule has 1 amide bonds. The number of ether oxygens (including phenoxy) is 1. The first kappa shape index (κ1) is 21.5. The predicted molar refractivity (Wildman–Crippen MR) is 109 cm³/mol. The van der Waals surface area contributed by atoms with Crippen LogP contribution in [-0.2, 0) is 19.6 Å². The third-order valence-corrected chi connectivity index (χ3v) is 8.21. The second kappa shape index (κ2) is 10.0. The second-order valence-corrected chi connectivity index (χ2v) is 10.4. The second-order valence-electron chi connectivity index (χ2n) is 7.37. The van der Waals surface area contributed by atoms with Crippen LogP contribution in [0.1, 0.15) is 44.9 Å². The number of rotatable bonds is 8. The Morgan fingerprint density at radius 1 is 1.25 bits per heavy atom. The number of nitrogens with one attached hydrogen (secondary N) is 1. The molecule has 7 nitrogen and oxygen atoms in total. The third-order valence-electron chi connectivity index (χ3n) is 5.38. The normalized spacial score (nSPS) is 21.1. The van der Waals surface area contributed by atoms with Gasteiger partial charge in [-0.25, -0.2) is 13.4 Å². The van der Waals surface area contributed by atoms with E-state index in [-0.39, 0.29) is 28.7 Å². The summed E-state index contributed by atoms with van der Waals surface area (Å²) >= 11 is 1.29. The van der Waals surface area contributed by atoms with Gasteiger partial charge in [-0.3, -0.25) is 4.79 Å². The number of hydrogen-bond donors (Lipinski definition) is 1. The van der Waals surface area contributed by atoms with Gasteiger partial charge in [-0.2, -0.15) is 4.31 Å². The monoisotopic (exact) mass is 427 g/mol. The minimum Gasteiger partial charge on any atom is -0.376 e. The Balaban J connectivity index is 1.50. The van der Waals surface area contributed by atoms with E-state index in [1.807, 2.05) is 0 Å². The van der Waals surface area contributed by atoms with Gasteiger partial charge >= 0.3 is 0 Å². The van der Waals surface area contributed by atoms with Crippen LogP contribution in [0.15, 0.2) is 28.3 Å². The van der Waals surface area contributed by atoms with Gasteiger partial charge in [0.15, 0.2) is 0 Å². The van der Waals surface area contributed by atoms with E-state index in [1.54, 1.807) is 19.2 Å². The zero-order valence-corrected chi connectivity index (χ0v) is 17.9. The maximum absolute atomic E-state index is 12.8. The van der Waals surface area contributed by atoms with Crippen LogP contribution >= 0.6 is 11.8 Å². The van der Waals surface area contributed by atoms with Gasteiger partial charge < -0.3 is 10.1 Å². The van der Waals surface area contributed by atoms with Crippen molar-refractivity contribution in [2.24, 2.45) is 0 Å². The number of carbonyl (C=O) groups is 1. The Morgan fingerprint density at radius 3 is 2.68 bits per heavy atom. The summed E-state index contributed by atoms with van der Waals surface area (Å²) in [7, 11) is -1.88. The summed E-state index contributed by atoms with van der Waals surface area (Å²) in [6.45, 7) is 1.31. The van der Waals surface area contributed by atoms with Gasteiger partial charge in [-0.05, 0) is 37.8 Å². The number of carbonyl (C=O) groups excluding carboxylic acids is 1. The number of nitrogens with zero attached hydrogens (tertiary/aromatic N) is 2. The zero-order chi connectivity index (χ0) is 20.0. The molecule has 1 aliphatic carbocycles. The van der Waals surface area contributed by atoms with Crippen molar-refractivity contribution in [2.45, 2.75) is 67.0 Å². The lowest BCUT2D eigenvalue weighted by atomic mass is 9.96. The van der Waals surface area contributed by atoms with Crippen molar-refractivity contribution >= 4 is 27.7 Å². The first-order valence-electron chi connectivity index (χ1n) is 9.92. The van der Waals surface area contributed by atoms with E-state index < -0.39 is 10.0 Å². The van der Waals surface area contributed by atoms with Crippen molar-refractivity contribution in [1.82, 2.24) is 14.6 Å². The molecule has 0 radical (unpaired) electrons. The molecule has 9 heteroatoms. The van der Waals surface area contributed by atoms with Crippen molar-refractivity contribution in [3.05, 3.63) is 18.3 Å². The summed E-state index contributed by atoms with van der Waals surface area (Å²) < 4.78 is 32.6. The molecule has 0 spiro atoms. The van der Waals surface area contributed by atoms with Gasteiger partial charge in [0.2, 0.25) is 15.9 Å². The van der Waals surface area contributed by atoms with Crippen molar-refractivity contribution in [3.8, 4) is 0 Å². The van der Waals surface area contributed by atoms with Gasteiger partial charge in [-0.1, -0.05) is 31.0 Å². The average Bonchev–Trinajstić information content (AvgIpc) is 3.25. The number of pyridine rings is 1. The molecule has 0 unspecified atom stereocenters. The molecule has 1 aliphatic heterocycles. The standard InChI is InChI=1S/C19H29N3O4S2/c1-22(15-6-3-2-4-7-15)28(24,25)17-9-10-19(21-13-17)27-14-18(23)20-12-16-8-5-11-26-16/h9-10,13,15-16H,2-8,11-12,14H2,1H3,(H,20,23)/t16-/m1/s1. The van der Waals surface area contributed by atoms with Crippen LogP contribution in [0.3, 0.4) is 0 Å². The van der Waals surface area contributed by atoms with Crippen LogP contribution in [-0.4, -0.2) is 61.7 Å². The van der Waals surface area contributed by atoms with Crippen molar-refractivity contribution in [2.75, 3.05) is 26.0 Å². The Hall–Kier alpha value is -1.16. The van der Waals surface area contributed by atoms with Crippen LogP contribution in [0.2, 0.25) is 0 Å². The summed E-state index contributed by atoms with van der Waals surface area (Å²) in [6.07, 6.45) is 8.71. The Morgan fingerprint density at radius 2 is 2.04 bits per heavy atom. The van der Waals surface area contributed by atoms with E-state index in [0.29, 0.717) is 11.6 Å². The molecule has 2 heterocycles. The molecule has 3 rings (SSSR count). The summed E-state index contributed by atoms with van der Waals surface area (Å²) in [5.74, 6) is 0.171. The molecular formula is C19H29N3O4S2. The highest BCUT2D eigenvalue weighted by Gasteiger charge is 2.29. The van der Waals surface area contributed by atoms with Crippen LogP contribution in [0.25, 0.3) is 0 Å². The number of aromatic nitrogens is 1. The molecule has 1 saturated heterocycles. The van der Waals surface area contributed by atoms with Crippen LogP contribution in [0.5, 0.6) is 0 Å². The molecule has 0 aromatic carbocycles. The molecule has 28 heavy (non-hydrogen) atoms. The first-order chi connectivity index (χ1) is 13.5. The Labute approximate surface area is 171 Å². The highest BCUT2D eigenvalue weighted by molar-refractivity contribution is 7.99. The van der Waals surface area contributed by atoms with Crippen molar-refractivity contribution < 1.29 is 17.9 Å². The van der Waals surface area contributed by atoms with Crippen LogP contribution < -0.4 is 5.32 Å². The first-order valence-corrected chi connectivity index (χ1v) is 12.3. The lowest BCUT2D eigenvalue weighted by Crippen LogP contribution is -2.38. The molecule has 2 aliphatic rings. The fraction of sp³-hybridized carbons (Fsp3) is 0.684. The fourth-order valence-electron chi connectivity index (χ4n) is 3.64. The van der Waals surface area contributed by atoms with Crippen LogP contribution in [0.4, 0.5) is 0 Å². The molecule has 1 aromatic rings. The number of thioether (sulfide) groups is 1. The smallest absolute Gasteiger partial charge is 0.244 e. The Kier molecular flexibility index (Phi) is 7.73. The Bertz CT molecular complexity index is 743. The molecule has 0 bridgehead atoms. The van der Waals surface area contributed by atoms with Gasteiger partial charge in [0, 0.05) is 32.4 Å². The number of amides is 1. The minimum atomic E-state index is -3.54. The van der Waals surface area contributed by atoms with Gasteiger partial charge in [0.05, 0.1) is 16.9 Å². The minimum absolute atomic E-state index is 0.0698. The molecule has 1 N–H and O–H groups in total. The lowest BCUT2D eigenvalue weighted by Gasteiger charge is -2.30. The number of sulfonamides is 1. The van der Waals surface area contributed by atoms with Gasteiger partial charge in [-0.15, -0.1) is 0 Å². The van der Waals surface area contributed by atoms with E-state index in [2.05, 4.69) is 10.3 Å². The fourth-order valence-corrected chi connectivity index (χ4v) is 5.67. The predicted octanol–water partition coefficient (Wildman–Crippen LogP) is 2.42. The van der Waals surface area contributed by atoms with Gasteiger partial charge in [0.25, 0.3) is 0 Å². The maximum Gasteiger partial charge on any atom is 0.244 e.